The maximum absolute atomic E-state index is 6.20. The average molecular weight is 216 g/mol. The van der Waals surface area contributed by atoms with Gasteiger partial charge in [0.2, 0.25) is 0 Å². The van der Waals surface area contributed by atoms with Crippen LogP contribution in [0.25, 0.3) is 0 Å². The first kappa shape index (κ1) is 10.8. The molecule has 0 bridgehead atoms. The SMILES string of the molecule is CCc1cnccc1C(N)c1ccn(C)n1. The molecule has 0 aromatic carbocycles. The molecule has 0 fully saturated rings. The largest absolute Gasteiger partial charge is 0.319 e. The molecule has 0 amide bonds. The van der Waals surface area contributed by atoms with E-state index in [1.54, 1.807) is 10.9 Å². The van der Waals surface area contributed by atoms with Gasteiger partial charge >= 0.3 is 0 Å². The predicted octanol–water partition coefficient (Wildman–Crippen LogP) is 1.43. The maximum atomic E-state index is 6.20. The van der Waals surface area contributed by atoms with E-state index in [-0.39, 0.29) is 6.04 Å². The Kier molecular flexibility index (Phi) is 3.01. The third kappa shape index (κ3) is 1.97. The van der Waals surface area contributed by atoms with Gasteiger partial charge in [0.05, 0.1) is 11.7 Å². The minimum absolute atomic E-state index is 0.167. The molecule has 2 aromatic rings. The molecule has 0 aliphatic heterocycles. The molecule has 0 saturated carbocycles. The number of nitrogens with zero attached hydrogens (tertiary/aromatic N) is 3. The Balaban J connectivity index is 2.36. The molecular weight excluding hydrogens is 200 g/mol. The van der Waals surface area contributed by atoms with Crippen LogP contribution in [0.3, 0.4) is 0 Å². The zero-order valence-electron chi connectivity index (χ0n) is 9.59. The third-order valence-corrected chi connectivity index (χ3v) is 2.71. The van der Waals surface area contributed by atoms with E-state index in [1.807, 2.05) is 31.6 Å². The summed E-state index contributed by atoms with van der Waals surface area (Å²) in [7, 11) is 1.89. The molecule has 0 aliphatic rings. The molecule has 1 unspecified atom stereocenters. The summed E-state index contributed by atoms with van der Waals surface area (Å²) in [6, 6.07) is 3.75. The molecular formula is C12H16N4. The first-order valence-electron chi connectivity index (χ1n) is 5.40. The second-order valence-electron chi connectivity index (χ2n) is 3.82. The van der Waals surface area contributed by atoms with Crippen molar-refractivity contribution in [2.75, 3.05) is 0 Å². The normalized spacial score (nSPS) is 12.7. The molecule has 0 aliphatic carbocycles. The molecule has 4 nitrogen and oxygen atoms in total. The molecule has 0 spiro atoms. The minimum Gasteiger partial charge on any atom is -0.319 e. The lowest BCUT2D eigenvalue weighted by Crippen LogP contribution is -2.15. The number of nitrogens with two attached hydrogens (primary N) is 1. The van der Waals surface area contributed by atoms with Crippen LogP contribution in [0.5, 0.6) is 0 Å². The summed E-state index contributed by atoms with van der Waals surface area (Å²) in [5, 5.41) is 4.33. The lowest BCUT2D eigenvalue weighted by molar-refractivity contribution is 0.712. The topological polar surface area (TPSA) is 56.7 Å². The van der Waals surface area contributed by atoms with Gasteiger partial charge in [-0.05, 0) is 29.7 Å². The Hall–Kier alpha value is -1.68. The van der Waals surface area contributed by atoms with Crippen molar-refractivity contribution < 1.29 is 0 Å². The number of aryl methyl sites for hydroxylation is 2. The van der Waals surface area contributed by atoms with Crippen LogP contribution in [0.2, 0.25) is 0 Å². The standard InChI is InChI=1S/C12H16N4/c1-3-9-8-14-6-4-10(9)12(13)11-5-7-16(2)15-11/h4-8,12H,3,13H2,1-2H3. The summed E-state index contributed by atoms with van der Waals surface area (Å²) < 4.78 is 1.77. The summed E-state index contributed by atoms with van der Waals surface area (Å²) in [6.07, 6.45) is 6.49. The Morgan fingerprint density at radius 2 is 2.25 bits per heavy atom. The summed E-state index contributed by atoms with van der Waals surface area (Å²) in [6.45, 7) is 2.10. The Morgan fingerprint density at radius 1 is 1.44 bits per heavy atom. The first-order chi connectivity index (χ1) is 7.72. The van der Waals surface area contributed by atoms with E-state index in [4.69, 9.17) is 5.73 Å². The van der Waals surface area contributed by atoms with Crippen molar-refractivity contribution in [1.82, 2.24) is 14.8 Å². The molecule has 2 aromatic heterocycles. The van der Waals surface area contributed by atoms with Gasteiger partial charge in [0, 0.05) is 25.6 Å². The Bertz CT molecular complexity index is 475. The van der Waals surface area contributed by atoms with Gasteiger partial charge in [-0.3, -0.25) is 9.67 Å². The van der Waals surface area contributed by atoms with E-state index in [2.05, 4.69) is 17.0 Å². The van der Waals surface area contributed by atoms with Crippen LogP contribution in [0.15, 0.2) is 30.7 Å². The van der Waals surface area contributed by atoms with Gasteiger partial charge < -0.3 is 5.73 Å². The van der Waals surface area contributed by atoms with Crippen LogP contribution in [0, 0.1) is 0 Å². The van der Waals surface area contributed by atoms with Crippen LogP contribution in [0.4, 0.5) is 0 Å². The first-order valence-corrected chi connectivity index (χ1v) is 5.40. The van der Waals surface area contributed by atoms with Crippen molar-refractivity contribution in [3.8, 4) is 0 Å². The molecule has 2 heterocycles. The van der Waals surface area contributed by atoms with Gasteiger partial charge in [0.15, 0.2) is 0 Å². The monoisotopic (exact) mass is 216 g/mol. The second-order valence-corrected chi connectivity index (χ2v) is 3.82. The number of hydrogen-bond acceptors (Lipinski definition) is 3. The van der Waals surface area contributed by atoms with Gasteiger partial charge in [-0.25, -0.2) is 0 Å². The van der Waals surface area contributed by atoms with Crippen molar-refractivity contribution >= 4 is 0 Å². The molecule has 16 heavy (non-hydrogen) atoms. The van der Waals surface area contributed by atoms with Crippen LogP contribution in [-0.2, 0) is 13.5 Å². The zero-order valence-corrected chi connectivity index (χ0v) is 9.59. The Labute approximate surface area is 95.1 Å². The lowest BCUT2D eigenvalue weighted by Gasteiger charge is -2.13. The van der Waals surface area contributed by atoms with Gasteiger partial charge in [-0.2, -0.15) is 5.10 Å². The van der Waals surface area contributed by atoms with Crippen molar-refractivity contribution in [3.05, 3.63) is 47.5 Å². The number of hydrogen-bond donors (Lipinski definition) is 1. The highest BCUT2D eigenvalue weighted by atomic mass is 15.3. The number of aromatic nitrogens is 3. The average Bonchev–Trinajstić information content (AvgIpc) is 2.75. The van der Waals surface area contributed by atoms with E-state index in [1.165, 1.54) is 5.56 Å². The highest BCUT2D eigenvalue weighted by Gasteiger charge is 2.14. The Morgan fingerprint density at radius 3 is 2.88 bits per heavy atom. The highest BCUT2D eigenvalue weighted by molar-refractivity contribution is 5.32. The van der Waals surface area contributed by atoms with Crippen molar-refractivity contribution in [2.45, 2.75) is 19.4 Å². The van der Waals surface area contributed by atoms with E-state index < -0.39 is 0 Å². The molecule has 1 atom stereocenters. The van der Waals surface area contributed by atoms with Gasteiger partial charge in [-0.1, -0.05) is 6.92 Å². The van der Waals surface area contributed by atoms with Crippen LogP contribution in [0.1, 0.15) is 29.8 Å². The summed E-state index contributed by atoms with van der Waals surface area (Å²) in [4.78, 5) is 4.12. The fraction of sp³-hybridized carbons (Fsp3) is 0.333. The smallest absolute Gasteiger partial charge is 0.0837 e. The lowest BCUT2D eigenvalue weighted by atomic mass is 9.99. The molecule has 4 heteroatoms. The van der Waals surface area contributed by atoms with E-state index in [0.29, 0.717) is 0 Å². The number of pyridine rings is 1. The fourth-order valence-corrected chi connectivity index (χ4v) is 1.79. The molecule has 84 valence electrons. The third-order valence-electron chi connectivity index (χ3n) is 2.71. The van der Waals surface area contributed by atoms with E-state index in [0.717, 1.165) is 17.7 Å². The summed E-state index contributed by atoms with van der Waals surface area (Å²) in [5.74, 6) is 0. The molecule has 2 N–H and O–H groups in total. The zero-order chi connectivity index (χ0) is 11.5. The summed E-state index contributed by atoms with van der Waals surface area (Å²) >= 11 is 0. The van der Waals surface area contributed by atoms with Gasteiger partial charge in [0.25, 0.3) is 0 Å². The van der Waals surface area contributed by atoms with Crippen molar-refractivity contribution in [2.24, 2.45) is 12.8 Å². The molecule has 2 rings (SSSR count). The summed E-state index contributed by atoms with van der Waals surface area (Å²) in [5.41, 5.74) is 9.38. The highest BCUT2D eigenvalue weighted by Crippen LogP contribution is 2.21. The second kappa shape index (κ2) is 4.45. The van der Waals surface area contributed by atoms with E-state index >= 15 is 0 Å². The molecule has 0 radical (unpaired) electrons. The van der Waals surface area contributed by atoms with Crippen molar-refractivity contribution in [3.63, 3.8) is 0 Å². The maximum Gasteiger partial charge on any atom is 0.0837 e. The van der Waals surface area contributed by atoms with Crippen LogP contribution in [-0.4, -0.2) is 14.8 Å². The minimum atomic E-state index is -0.167. The van der Waals surface area contributed by atoms with Crippen LogP contribution >= 0.6 is 0 Å². The fourth-order valence-electron chi connectivity index (χ4n) is 1.79. The predicted molar refractivity (Wildman–Crippen MR) is 62.9 cm³/mol. The van der Waals surface area contributed by atoms with Gasteiger partial charge in [0.1, 0.15) is 0 Å². The van der Waals surface area contributed by atoms with Crippen LogP contribution < -0.4 is 5.73 Å². The quantitative estimate of drug-likeness (QED) is 0.844. The van der Waals surface area contributed by atoms with Gasteiger partial charge in [-0.15, -0.1) is 0 Å². The molecule has 0 saturated heterocycles. The van der Waals surface area contributed by atoms with Crippen molar-refractivity contribution in [1.29, 1.82) is 0 Å². The van der Waals surface area contributed by atoms with E-state index in [9.17, 15) is 0 Å². The number of rotatable bonds is 3.